The molecule has 0 bridgehead atoms. The summed E-state index contributed by atoms with van der Waals surface area (Å²) in [6.07, 6.45) is -2.52. The molecular weight excluding hydrogens is 357 g/mol. The average Bonchev–Trinajstić information content (AvgIpc) is 3.13. The van der Waals surface area contributed by atoms with Gasteiger partial charge < -0.3 is 15.0 Å². The molecule has 4 nitrogen and oxygen atoms in total. The summed E-state index contributed by atoms with van der Waals surface area (Å²) < 4.78 is 44.6. The number of benzene rings is 2. The van der Waals surface area contributed by atoms with Crippen molar-refractivity contribution < 1.29 is 22.7 Å². The monoisotopic (exact) mass is 378 g/mol. The Balaban J connectivity index is 1.75. The number of carbonyl (C=O) groups excluding carboxylic acids is 1. The number of alkyl halides is 3. The molecule has 1 aliphatic rings. The molecule has 1 aliphatic heterocycles. The number of hydrogen-bond donors (Lipinski definition) is 1. The molecule has 0 aliphatic carbocycles. The molecule has 1 amide bonds. The summed E-state index contributed by atoms with van der Waals surface area (Å²) in [7, 11) is 0. The van der Waals surface area contributed by atoms with Crippen LogP contribution in [-0.2, 0) is 11.0 Å². The van der Waals surface area contributed by atoms with Crippen LogP contribution in [0.15, 0.2) is 42.5 Å². The van der Waals surface area contributed by atoms with Crippen LogP contribution in [0.3, 0.4) is 0 Å². The molecule has 1 saturated heterocycles. The smallest absolute Gasteiger partial charge is 0.416 e. The van der Waals surface area contributed by atoms with Crippen LogP contribution >= 0.6 is 0 Å². The second-order valence-corrected chi connectivity index (χ2v) is 6.58. The fourth-order valence-electron chi connectivity index (χ4n) is 3.09. The van der Waals surface area contributed by atoms with Crippen molar-refractivity contribution in [2.45, 2.75) is 25.9 Å². The van der Waals surface area contributed by atoms with Crippen molar-refractivity contribution >= 4 is 17.3 Å². The topological polar surface area (TPSA) is 41.6 Å². The van der Waals surface area contributed by atoms with Gasteiger partial charge in [0.2, 0.25) is 0 Å². The number of anilines is 2. The maximum atomic E-state index is 13.1. The van der Waals surface area contributed by atoms with Crippen LogP contribution in [-0.4, -0.2) is 25.6 Å². The van der Waals surface area contributed by atoms with Crippen molar-refractivity contribution in [1.29, 1.82) is 0 Å². The van der Waals surface area contributed by atoms with E-state index in [2.05, 4.69) is 5.32 Å². The van der Waals surface area contributed by atoms with Gasteiger partial charge in [-0.05, 0) is 55.7 Å². The maximum Gasteiger partial charge on any atom is 0.416 e. The summed E-state index contributed by atoms with van der Waals surface area (Å²) in [6.45, 7) is 3.14. The number of carbonyl (C=O) groups is 1. The van der Waals surface area contributed by atoms with E-state index in [4.69, 9.17) is 4.74 Å². The van der Waals surface area contributed by atoms with Gasteiger partial charge in [0.05, 0.1) is 16.9 Å². The Bertz CT molecular complexity index is 815. The summed E-state index contributed by atoms with van der Waals surface area (Å²) in [6, 6.07) is 10.7. The molecule has 0 aromatic heterocycles. The number of nitrogens with zero attached hydrogens (tertiary/aromatic N) is 1. The van der Waals surface area contributed by atoms with Gasteiger partial charge in [-0.25, -0.2) is 0 Å². The first-order valence-corrected chi connectivity index (χ1v) is 8.78. The molecule has 0 radical (unpaired) electrons. The summed E-state index contributed by atoms with van der Waals surface area (Å²) in [5.41, 5.74) is 0.955. The van der Waals surface area contributed by atoms with Crippen LogP contribution in [0.5, 0.6) is 5.75 Å². The van der Waals surface area contributed by atoms with Crippen LogP contribution in [0.4, 0.5) is 24.5 Å². The Labute approximate surface area is 155 Å². The lowest BCUT2D eigenvalue weighted by Crippen LogP contribution is -2.24. The van der Waals surface area contributed by atoms with Crippen molar-refractivity contribution in [3.63, 3.8) is 0 Å². The molecule has 27 heavy (non-hydrogen) atoms. The van der Waals surface area contributed by atoms with Crippen LogP contribution < -0.4 is 15.0 Å². The first-order valence-electron chi connectivity index (χ1n) is 8.78. The van der Waals surface area contributed by atoms with E-state index in [-0.39, 0.29) is 12.3 Å². The Morgan fingerprint density at radius 1 is 1.15 bits per heavy atom. The number of amides is 1. The highest BCUT2D eigenvalue weighted by Gasteiger charge is 2.32. The Morgan fingerprint density at radius 2 is 1.89 bits per heavy atom. The molecule has 7 heteroatoms. The normalized spacial score (nSPS) is 14.3. The van der Waals surface area contributed by atoms with Crippen molar-refractivity contribution in [3.05, 3.63) is 53.6 Å². The number of nitrogens with one attached hydrogen (secondary N) is 1. The van der Waals surface area contributed by atoms with Gasteiger partial charge in [-0.1, -0.05) is 12.1 Å². The number of aryl methyl sites for hydroxylation is 1. The van der Waals surface area contributed by atoms with Gasteiger partial charge in [-0.3, -0.25) is 4.79 Å². The number of halogens is 3. The molecule has 1 heterocycles. The van der Waals surface area contributed by atoms with Crippen molar-refractivity contribution in [1.82, 2.24) is 0 Å². The van der Waals surface area contributed by atoms with Crippen molar-refractivity contribution in [2.75, 3.05) is 29.9 Å². The first kappa shape index (κ1) is 19.1. The fourth-order valence-corrected chi connectivity index (χ4v) is 3.09. The van der Waals surface area contributed by atoms with Crippen molar-refractivity contribution in [2.24, 2.45) is 0 Å². The highest BCUT2D eigenvalue weighted by atomic mass is 19.4. The fraction of sp³-hybridized carbons (Fsp3) is 0.350. The molecule has 0 unspecified atom stereocenters. The highest BCUT2D eigenvalue weighted by molar-refractivity contribution is 5.95. The number of ether oxygens (including phenoxy) is 1. The van der Waals surface area contributed by atoms with Gasteiger partial charge in [0.25, 0.3) is 5.91 Å². The third-order valence-electron chi connectivity index (χ3n) is 4.40. The van der Waals surface area contributed by atoms with Crippen LogP contribution in [0.2, 0.25) is 0 Å². The van der Waals surface area contributed by atoms with E-state index in [9.17, 15) is 18.0 Å². The zero-order valence-corrected chi connectivity index (χ0v) is 15.0. The zero-order valence-electron chi connectivity index (χ0n) is 15.0. The summed E-state index contributed by atoms with van der Waals surface area (Å²) >= 11 is 0. The number of rotatable bonds is 5. The lowest BCUT2D eigenvalue weighted by Gasteiger charge is -2.23. The third-order valence-corrected chi connectivity index (χ3v) is 4.40. The van der Waals surface area contributed by atoms with Crippen LogP contribution in [0.1, 0.15) is 24.0 Å². The average molecular weight is 378 g/mol. The van der Waals surface area contributed by atoms with Gasteiger partial charge >= 0.3 is 6.18 Å². The van der Waals surface area contributed by atoms with E-state index < -0.39 is 17.6 Å². The van der Waals surface area contributed by atoms with Gasteiger partial charge in [-0.15, -0.1) is 0 Å². The van der Waals surface area contributed by atoms with Gasteiger partial charge in [0, 0.05) is 13.1 Å². The Hall–Kier alpha value is -2.70. The minimum Gasteiger partial charge on any atom is -0.484 e. The molecular formula is C20H21F3N2O2. The molecule has 3 rings (SSSR count). The minimum absolute atomic E-state index is 0.157. The van der Waals surface area contributed by atoms with E-state index in [0.29, 0.717) is 11.4 Å². The quantitative estimate of drug-likeness (QED) is 0.825. The summed E-state index contributed by atoms with van der Waals surface area (Å²) in [5, 5.41) is 2.58. The third kappa shape index (κ3) is 4.93. The van der Waals surface area contributed by atoms with E-state index in [0.717, 1.165) is 43.6 Å². The molecule has 0 atom stereocenters. The first-order chi connectivity index (χ1) is 12.8. The summed E-state index contributed by atoms with van der Waals surface area (Å²) in [5.74, 6) is 0.0326. The highest BCUT2D eigenvalue weighted by Crippen LogP contribution is 2.36. The maximum absolute atomic E-state index is 13.1. The minimum atomic E-state index is -4.47. The van der Waals surface area contributed by atoms with E-state index >= 15 is 0 Å². The SMILES string of the molecule is Cc1cccc(OCC(=O)Nc2cc(C(F)(F)F)ccc2N2CCCC2)c1. The van der Waals surface area contributed by atoms with E-state index in [1.165, 1.54) is 6.07 Å². The van der Waals surface area contributed by atoms with E-state index in [1.807, 2.05) is 17.9 Å². The van der Waals surface area contributed by atoms with Crippen LogP contribution in [0, 0.1) is 6.92 Å². The molecule has 0 spiro atoms. The van der Waals surface area contributed by atoms with Crippen LogP contribution in [0.25, 0.3) is 0 Å². The Morgan fingerprint density at radius 3 is 2.56 bits per heavy atom. The second-order valence-electron chi connectivity index (χ2n) is 6.58. The van der Waals surface area contributed by atoms with Gasteiger partial charge in [0.15, 0.2) is 6.61 Å². The molecule has 2 aromatic carbocycles. The van der Waals surface area contributed by atoms with E-state index in [1.54, 1.807) is 18.2 Å². The number of hydrogen-bond acceptors (Lipinski definition) is 3. The lowest BCUT2D eigenvalue weighted by molar-refractivity contribution is -0.137. The summed E-state index contributed by atoms with van der Waals surface area (Å²) in [4.78, 5) is 14.2. The van der Waals surface area contributed by atoms with Gasteiger partial charge in [0.1, 0.15) is 5.75 Å². The molecule has 1 fully saturated rings. The standard InChI is InChI=1S/C20H21F3N2O2/c1-14-5-4-6-16(11-14)27-13-19(26)24-17-12-15(20(21,22)23)7-8-18(17)25-9-2-3-10-25/h4-8,11-12H,2-3,9-10,13H2,1H3,(H,24,26). The Kier molecular flexibility index (Phi) is 5.58. The molecule has 1 N–H and O–H groups in total. The second kappa shape index (κ2) is 7.90. The predicted octanol–water partition coefficient (Wildman–Crippen LogP) is 4.63. The molecule has 2 aromatic rings. The molecule has 0 saturated carbocycles. The zero-order chi connectivity index (χ0) is 19.4. The largest absolute Gasteiger partial charge is 0.484 e. The van der Waals surface area contributed by atoms with Gasteiger partial charge in [-0.2, -0.15) is 13.2 Å². The lowest BCUT2D eigenvalue weighted by atomic mass is 10.1. The predicted molar refractivity (Wildman–Crippen MR) is 98.2 cm³/mol. The molecule has 144 valence electrons. The van der Waals surface area contributed by atoms with Crippen molar-refractivity contribution in [3.8, 4) is 5.75 Å².